The SMILES string of the molecule is Cc1nc2c(sc3nc(C(C)C)c4c(c32)CC(C)(C)OC4)c(=O)o1. The van der Waals surface area contributed by atoms with Crippen LogP contribution in [0.4, 0.5) is 0 Å². The number of fused-ring (bicyclic) bond motifs is 5. The maximum absolute atomic E-state index is 12.2. The van der Waals surface area contributed by atoms with E-state index in [2.05, 4.69) is 32.7 Å². The molecule has 24 heavy (non-hydrogen) atoms. The molecule has 0 N–H and O–H groups in total. The van der Waals surface area contributed by atoms with Crippen LogP contribution in [0, 0.1) is 6.92 Å². The summed E-state index contributed by atoms with van der Waals surface area (Å²) < 4.78 is 11.8. The molecule has 4 rings (SSSR count). The van der Waals surface area contributed by atoms with E-state index < -0.39 is 0 Å². The Morgan fingerprint density at radius 3 is 2.67 bits per heavy atom. The van der Waals surface area contributed by atoms with Gasteiger partial charge in [-0.2, -0.15) is 0 Å². The minimum absolute atomic E-state index is 0.238. The number of aromatic nitrogens is 2. The van der Waals surface area contributed by atoms with Crippen molar-refractivity contribution in [2.45, 2.75) is 59.2 Å². The first kappa shape index (κ1) is 15.7. The highest BCUT2D eigenvalue weighted by atomic mass is 32.1. The van der Waals surface area contributed by atoms with Crippen molar-refractivity contribution in [3.8, 4) is 0 Å². The molecule has 0 radical (unpaired) electrons. The summed E-state index contributed by atoms with van der Waals surface area (Å²) in [6.07, 6.45) is 0.786. The molecule has 6 heteroatoms. The van der Waals surface area contributed by atoms with E-state index in [9.17, 15) is 4.79 Å². The molecule has 4 heterocycles. The molecule has 0 unspecified atom stereocenters. The Morgan fingerprint density at radius 1 is 1.21 bits per heavy atom. The van der Waals surface area contributed by atoms with Gasteiger partial charge in [0.2, 0.25) is 0 Å². The summed E-state index contributed by atoms with van der Waals surface area (Å²) >= 11 is 1.38. The van der Waals surface area contributed by atoms with Crippen molar-refractivity contribution in [1.29, 1.82) is 0 Å². The van der Waals surface area contributed by atoms with Crippen molar-refractivity contribution >= 4 is 31.8 Å². The van der Waals surface area contributed by atoms with Gasteiger partial charge in [-0.25, -0.2) is 14.8 Å². The molecule has 3 aromatic heterocycles. The van der Waals surface area contributed by atoms with Gasteiger partial charge in [-0.15, -0.1) is 11.3 Å². The molecule has 0 spiro atoms. The monoisotopic (exact) mass is 344 g/mol. The fourth-order valence-electron chi connectivity index (χ4n) is 3.43. The van der Waals surface area contributed by atoms with E-state index in [1.54, 1.807) is 6.92 Å². The summed E-state index contributed by atoms with van der Waals surface area (Å²) in [4.78, 5) is 22.5. The standard InChI is InChI=1S/C18H20N2O3S/c1-8(2)13-11-7-22-18(4,5)6-10(11)12-14-15(24-16(12)20-13)17(21)23-9(3)19-14/h8H,6-7H2,1-5H3. The summed E-state index contributed by atoms with van der Waals surface area (Å²) in [5.41, 5.74) is 3.60. The maximum Gasteiger partial charge on any atom is 0.357 e. The van der Waals surface area contributed by atoms with Gasteiger partial charge in [-0.3, -0.25) is 0 Å². The summed E-state index contributed by atoms with van der Waals surface area (Å²) in [5.74, 6) is 0.685. The number of ether oxygens (including phenoxy) is 1. The lowest BCUT2D eigenvalue weighted by Gasteiger charge is -2.33. The second kappa shape index (κ2) is 5.10. The molecule has 126 valence electrons. The third-order valence-corrected chi connectivity index (χ3v) is 5.57. The molecule has 0 saturated carbocycles. The normalized spacial score (nSPS) is 16.9. The lowest BCUT2D eigenvalue weighted by molar-refractivity contribution is -0.0402. The fraction of sp³-hybridized carbons (Fsp3) is 0.500. The van der Waals surface area contributed by atoms with Crippen molar-refractivity contribution < 1.29 is 9.15 Å². The van der Waals surface area contributed by atoms with E-state index in [0.717, 1.165) is 33.4 Å². The molecule has 3 aromatic rings. The molecule has 0 atom stereocenters. The molecule has 5 nitrogen and oxygen atoms in total. The first-order valence-electron chi connectivity index (χ1n) is 8.16. The Labute approximate surface area is 143 Å². The Balaban J connectivity index is 2.18. The van der Waals surface area contributed by atoms with Gasteiger partial charge in [0.1, 0.15) is 15.0 Å². The molecular weight excluding hydrogens is 324 g/mol. The average molecular weight is 344 g/mol. The van der Waals surface area contributed by atoms with Gasteiger partial charge in [0.15, 0.2) is 5.89 Å². The Hall–Kier alpha value is -1.79. The first-order valence-corrected chi connectivity index (χ1v) is 8.98. The molecule has 0 bridgehead atoms. The number of nitrogens with zero attached hydrogens (tertiary/aromatic N) is 2. The van der Waals surface area contributed by atoms with Gasteiger partial charge < -0.3 is 9.15 Å². The van der Waals surface area contributed by atoms with E-state index in [4.69, 9.17) is 14.1 Å². The Morgan fingerprint density at radius 2 is 1.96 bits per heavy atom. The number of rotatable bonds is 1. The van der Waals surface area contributed by atoms with Crippen molar-refractivity contribution in [2.75, 3.05) is 0 Å². The van der Waals surface area contributed by atoms with Gasteiger partial charge in [0, 0.05) is 24.3 Å². The summed E-state index contributed by atoms with van der Waals surface area (Å²) in [6.45, 7) is 10.7. The first-order chi connectivity index (χ1) is 11.3. The smallest absolute Gasteiger partial charge is 0.357 e. The third kappa shape index (κ3) is 2.28. The number of hydrogen-bond acceptors (Lipinski definition) is 6. The highest BCUT2D eigenvalue weighted by Crippen LogP contribution is 2.41. The molecule has 0 saturated heterocycles. The molecule has 1 aliphatic rings. The highest BCUT2D eigenvalue weighted by molar-refractivity contribution is 7.25. The Bertz CT molecular complexity index is 1030. The zero-order valence-electron chi connectivity index (χ0n) is 14.5. The van der Waals surface area contributed by atoms with Crippen LogP contribution in [0.1, 0.15) is 56.3 Å². The van der Waals surface area contributed by atoms with E-state index in [1.165, 1.54) is 16.9 Å². The molecule has 0 aromatic carbocycles. The molecule has 0 aliphatic carbocycles. The lowest BCUT2D eigenvalue weighted by Crippen LogP contribution is -2.33. The predicted octanol–water partition coefficient (Wildman–Crippen LogP) is 4.08. The molecule has 1 aliphatic heterocycles. The van der Waals surface area contributed by atoms with Crippen LogP contribution in [-0.4, -0.2) is 15.6 Å². The molecular formula is C18H20N2O3S. The van der Waals surface area contributed by atoms with Gasteiger partial charge >= 0.3 is 5.63 Å². The van der Waals surface area contributed by atoms with E-state index in [1.807, 2.05) is 0 Å². The Kier molecular flexibility index (Phi) is 3.34. The topological polar surface area (TPSA) is 65.2 Å². The predicted molar refractivity (Wildman–Crippen MR) is 94.9 cm³/mol. The molecule has 0 amide bonds. The zero-order valence-corrected chi connectivity index (χ0v) is 15.3. The summed E-state index contributed by atoms with van der Waals surface area (Å²) in [7, 11) is 0. The van der Waals surface area contributed by atoms with E-state index >= 15 is 0 Å². The molecule has 0 fully saturated rings. The van der Waals surface area contributed by atoms with Crippen LogP contribution in [0.5, 0.6) is 0 Å². The van der Waals surface area contributed by atoms with E-state index in [-0.39, 0.29) is 11.2 Å². The van der Waals surface area contributed by atoms with Crippen LogP contribution >= 0.6 is 11.3 Å². The second-order valence-corrected chi connectivity index (χ2v) is 8.31. The van der Waals surface area contributed by atoms with Crippen LogP contribution in [-0.2, 0) is 17.8 Å². The minimum Gasteiger partial charge on any atom is -0.408 e. The van der Waals surface area contributed by atoms with Crippen LogP contribution < -0.4 is 5.63 Å². The number of thiophene rings is 1. The summed E-state index contributed by atoms with van der Waals surface area (Å²) in [6, 6.07) is 0. The number of aryl methyl sites for hydroxylation is 1. The van der Waals surface area contributed by atoms with E-state index in [0.29, 0.717) is 23.1 Å². The van der Waals surface area contributed by atoms with Crippen LogP contribution in [0.2, 0.25) is 0 Å². The van der Waals surface area contributed by atoms with Gasteiger partial charge in [-0.05, 0) is 25.3 Å². The minimum atomic E-state index is -0.327. The zero-order chi connectivity index (χ0) is 17.2. The number of pyridine rings is 1. The largest absolute Gasteiger partial charge is 0.408 e. The van der Waals surface area contributed by atoms with Gasteiger partial charge in [0.05, 0.1) is 17.9 Å². The fourth-order valence-corrected chi connectivity index (χ4v) is 4.46. The highest BCUT2D eigenvalue weighted by Gasteiger charge is 2.32. The van der Waals surface area contributed by atoms with Crippen molar-refractivity contribution in [3.63, 3.8) is 0 Å². The third-order valence-electron chi connectivity index (χ3n) is 4.51. The van der Waals surface area contributed by atoms with Crippen molar-refractivity contribution in [2.24, 2.45) is 0 Å². The van der Waals surface area contributed by atoms with Crippen LogP contribution in [0.15, 0.2) is 9.21 Å². The lowest BCUT2D eigenvalue weighted by atomic mass is 9.87. The van der Waals surface area contributed by atoms with Crippen LogP contribution in [0.3, 0.4) is 0 Å². The van der Waals surface area contributed by atoms with Crippen molar-refractivity contribution in [3.05, 3.63) is 33.1 Å². The van der Waals surface area contributed by atoms with Gasteiger partial charge in [0.25, 0.3) is 0 Å². The second-order valence-electron chi connectivity index (χ2n) is 7.31. The summed E-state index contributed by atoms with van der Waals surface area (Å²) in [5, 5.41) is 1.00. The average Bonchev–Trinajstić information content (AvgIpc) is 2.84. The maximum atomic E-state index is 12.2. The van der Waals surface area contributed by atoms with Crippen molar-refractivity contribution in [1.82, 2.24) is 9.97 Å². The quantitative estimate of drug-likeness (QED) is 0.665. The number of hydrogen-bond donors (Lipinski definition) is 0. The van der Waals surface area contributed by atoms with Gasteiger partial charge in [-0.1, -0.05) is 13.8 Å². The van der Waals surface area contributed by atoms with Crippen LogP contribution in [0.25, 0.3) is 20.4 Å².